The average molecular weight is 239 g/mol. The van der Waals surface area contributed by atoms with Crippen LogP contribution in [0.25, 0.3) is 0 Å². The summed E-state index contributed by atoms with van der Waals surface area (Å²) in [5.74, 6) is 0. The molecule has 1 N–H and O–H groups in total. The molecule has 0 aliphatic carbocycles. The van der Waals surface area contributed by atoms with Crippen LogP contribution in [0.1, 0.15) is 24.8 Å². The van der Waals surface area contributed by atoms with Crippen LogP contribution >= 0.6 is 11.6 Å². The molecule has 1 saturated heterocycles. The van der Waals surface area contributed by atoms with Crippen molar-refractivity contribution in [1.29, 1.82) is 0 Å². The van der Waals surface area contributed by atoms with Crippen LogP contribution in [0.5, 0.6) is 0 Å². The van der Waals surface area contributed by atoms with Crippen molar-refractivity contribution in [2.75, 3.05) is 25.0 Å². The van der Waals surface area contributed by atoms with Gasteiger partial charge in [-0.3, -0.25) is 0 Å². The maximum atomic E-state index is 6.26. The van der Waals surface area contributed by atoms with Gasteiger partial charge in [-0.1, -0.05) is 17.7 Å². The molecule has 0 amide bonds. The second kappa shape index (κ2) is 5.55. The summed E-state index contributed by atoms with van der Waals surface area (Å²) in [6.45, 7) is 3.17. The molecule has 0 atom stereocenters. The first-order valence-corrected chi connectivity index (χ1v) is 6.37. The Morgan fingerprint density at radius 1 is 1.25 bits per heavy atom. The third kappa shape index (κ3) is 2.69. The zero-order chi connectivity index (χ0) is 11.4. The Hall–Kier alpha value is -0.730. The van der Waals surface area contributed by atoms with Crippen LogP contribution in [-0.4, -0.2) is 20.1 Å². The first-order valence-electron chi connectivity index (χ1n) is 5.99. The summed E-state index contributed by atoms with van der Waals surface area (Å²) in [6, 6.07) is 6.41. The molecule has 1 fully saturated rings. The van der Waals surface area contributed by atoms with E-state index in [1.165, 1.54) is 43.6 Å². The number of hydrogen-bond donors (Lipinski definition) is 1. The van der Waals surface area contributed by atoms with E-state index >= 15 is 0 Å². The molecule has 0 bridgehead atoms. The van der Waals surface area contributed by atoms with E-state index in [0.29, 0.717) is 0 Å². The molecule has 2 rings (SSSR count). The summed E-state index contributed by atoms with van der Waals surface area (Å²) in [6.07, 6.45) is 3.97. The van der Waals surface area contributed by atoms with Gasteiger partial charge in [-0.25, -0.2) is 0 Å². The van der Waals surface area contributed by atoms with Crippen LogP contribution in [0, 0.1) is 0 Å². The molecule has 3 heteroatoms. The number of halogens is 1. The fourth-order valence-electron chi connectivity index (χ4n) is 2.22. The van der Waals surface area contributed by atoms with E-state index in [-0.39, 0.29) is 0 Å². The minimum absolute atomic E-state index is 0.832. The highest BCUT2D eigenvalue weighted by Crippen LogP contribution is 2.25. The monoisotopic (exact) mass is 238 g/mol. The highest BCUT2D eigenvalue weighted by Gasteiger charge is 2.11. The molecule has 0 spiro atoms. The fraction of sp³-hybridized carbons (Fsp3) is 0.538. The van der Waals surface area contributed by atoms with Gasteiger partial charge in [0.1, 0.15) is 0 Å². The number of nitrogens with one attached hydrogen (secondary N) is 1. The third-order valence-electron chi connectivity index (χ3n) is 3.13. The van der Waals surface area contributed by atoms with Crippen LogP contribution in [0.3, 0.4) is 0 Å². The van der Waals surface area contributed by atoms with Gasteiger partial charge in [-0.15, -0.1) is 0 Å². The standard InChI is InChI=1S/C13H19ClN2/c1-15-10-11-5-6-12(9-13(11)14)16-7-3-2-4-8-16/h5-6,9,15H,2-4,7-8,10H2,1H3. The number of piperidine rings is 1. The zero-order valence-corrected chi connectivity index (χ0v) is 10.6. The van der Waals surface area contributed by atoms with Gasteiger partial charge in [0.15, 0.2) is 0 Å². The van der Waals surface area contributed by atoms with E-state index in [9.17, 15) is 0 Å². The minimum atomic E-state index is 0.832. The van der Waals surface area contributed by atoms with Crippen LogP contribution in [0.2, 0.25) is 5.02 Å². The molecule has 0 radical (unpaired) electrons. The molecule has 1 aliphatic heterocycles. The van der Waals surface area contributed by atoms with Crippen molar-refractivity contribution in [2.45, 2.75) is 25.8 Å². The number of nitrogens with zero attached hydrogens (tertiary/aromatic N) is 1. The normalized spacial score (nSPS) is 16.5. The van der Waals surface area contributed by atoms with Crippen LogP contribution in [0.15, 0.2) is 18.2 Å². The zero-order valence-electron chi connectivity index (χ0n) is 9.80. The van der Waals surface area contributed by atoms with Crippen molar-refractivity contribution >= 4 is 17.3 Å². The molecule has 1 aliphatic rings. The first-order chi connectivity index (χ1) is 7.81. The van der Waals surface area contributed by atoms with E-state index in [1.807, 2.05) is 7.05 Å². The number of anilines is 1. The molecule has 1 aromatic rings. The maximum absolute atomic E-state index is 6.26. The quantitative estimate of drug-likeness (QED) is 0.871. The third-order valence-corrected chi connectivity index (χ3v) is 3.48. The van der Waals surface area contributed by atoms with Gasteiger partial charge in [0, 0.05) is 30.3 Å². The van der Waals surface area contributed by atoms with Crippen LogP contribution < -0.4 is 10.2 Å². The fourth-order valence-corrected chi connectivity index (χ4v) is 2.46. The molecule has 0 saturated carbocycles. The second-order valence-electron chi connectivity index (χ2n) is 4.35. The van der Waals surface area contributed by atoms with Crippen molar-refractivity contribution in [2.24, 2.45) is 0 Å². The lowest BCUT2D eigenvalue weighted by molar-refractivity contribution is 0.578. The van der Waals surface area contributed by atoms with Gasteiger partial charge in [-0.2, -0.15) is 0 Å². The molecule has 0 unspecified atom stereocenters. The van der Waals surface area contributed by atoms with Crippen molar-refractivity contribution in [3.8, 4) is 0 Å². The van der Waals surface area contributed by atoms with Crippen LogP contribution in [-0.2, 0) is 6.54 Å². The lowest BCUT2D eigenvalue weighted by Gasteiger charge is -2.29. The Balaban J connectivity index is 2.13. The lowest BCUT2D eigenvalue weighted by atomic mass is 10.1. The second-order valence-corrected chi connectivity index (χ2v) is 4.76. The van der Waals surface area contributed by atoms with Gasteiger partial charge in [-0.05, 0) is 44.0 Å². The molecular weight excluding hydrogens is 220 g/mol. The van der Waals surface area contributed by atoms with Gasteiger partial charge in [0.2, 0.25) is 0 Å². The van der Waals surface area contributed by atoms with Crippen LogP contribution in [0.4, 0.5) is 5.69 Å². The summed E-state index contributed by atoms with van der Waals surface area (Å²) in [7, 11) is 1.94. The molecule has 16 heavy (non-hydrogen) atoms. The Morgan fingerprint density at radius 3 is 2.62 bits per heavy atom. The van der Waals surface area contributed by atoms with Gasteiger partial charge < -0.3 is 10.2 Å². The predicted molar refractivity (Wildman–Crippen MR) is 70.3 cm³/mol. The van der Waals surface area contributed by atoms with Gasteiger partial charge in [0.25, 0.3) is 0 Å². The van der Waals surface area contributed by atoms with E-state index in [1.54, 1.807) is 0 Å². The molecule has 0 aromatic heterocycles. The number of hydrogen-bond acceptors (Lipinski definition) is 2. The molecular formula is C13H19ClN2. The summed E-state index contributed by atoms with van der Waals surface area (Å²) in [5.41, 5.74) is 2.44. The summed E-state index contributed by atoms with van der Waals surface area (Å²) in [4.78, 5) is 2.43. The van der Waals surface area contributed by atoms with Crippen molar-refractivity contribution in [3.05, 3.63) is 28.8 Å². The maximum Gasteiger partial charge on any atom is 0.0471 e. The average Bonchev–Trinajstić information content (AvgIpc) is 2.33. The van der Waals surface area contributed by atoms with E-state index in [0.717, 1.165) is 11.6 Å². The SMILES string of the molecule is CNCc1ccc(N2CCCCC2)cc1Cl. The summed E-state index contributed by atoms with van der Waals surface area (Å²) in [5, 5.41) is 4.00. The van der Waals surface area contributed by atoms with Crippen molar-refractivity contribution < 1.29 is 0 Å². The Morgan fingerprint density at radius 2 is 2.00 bits per heavy atom. The Bertz CT molecular complexity index is 346. The van der Waals surface area contributed by atoms with E-state index in [4.69, 9.17) is 11.6 Å². The highest BCUT2D eigenvalue weighted by atomic mass is 35.5. The minimum Gasteiger partial charge on any atom is -0.371 e. The van der Waals surface area contributed by atoms with Gasteiger partial charge >= 0.3 is 0 Å². The number of rotatable bonds is 3. The molecule has 88 valence electrons. The van der Waals surface area contributed by atoms with Gasteiger partial charge in [0.05, 0.1) is 0 Å². The van der Waals surface area contributed by atoms with Crippen molar-refractivity contribution in [1.82, 2.24) is 5.32 Å². The van der Waals surface area contributed by atoms with Crippen molar-refractivity contribution in [3.63, 3.8) is 0 Å². The largest absolute Gasteiger partial charge is 0.371 e. The Kier molecular flexibility index (Phi) is 4.08. The topological polar surface area (TPSA) is 15.3 Å². The lowest BCUT2D eigenvalue weighted by Crippen LogP contribution is -2.29. The molecule has 2 nitrogen and oxygen atoms in total. The summed E-state index contributed by atoms with van der Waals surface area (Å²) < 4.78 is 0. The highest BCUT2D eigenvalue weighted by molar-refractivity contribution is 6.31. The number of benzene rings is 1. The van der Waals surface area contributed by atoms with E-state index in [2.05, 4.69) is 28.4 Å². The van der Waals surface area contributed by atoms with E-state index < -0.39 is 0 Å². The predicted octanol–water partition coefficient (Wildman–Crippen LogP) is 3.05. The molecule has 1 heterocycles. The summed E-state index contributed by atoms with van der Waals surface area (Å²) >= 11 is 6.26. The first kappa shape index (κ1) is 11.7. The Labute approximate surface area is 103 Å². The molecule has 1 aromatic carbocycles. The smallest absolute Gasteiger partial charge is 0.0471 e.